The zero-order valence-electron chi connectivity index (χ0n) is 18.2. The van der Waals surface area contributed by atoms with E-state index in [1.807, 2.05) is 38.5 Å². The minimum absolute atomic E-state index is 0.173. The van der Waals surface area contributed by atoms with Crippen molar-refractivity contribution in [2.75, 3.05) is 25.0 Å². The lowest BCUT2D eigenvalue weighted by molar-refractivity contribution is 0.137. The van der Waals surface area contributed by atoms with Crippen LogP contribution >= 0.6 is 35.0 Å². The van der Waals surface area contributed by atoms with Crippen LogP contribution < -0.4 is 10.2 Å². The molecule has 0 unspecified atom stereocenters. The average molecular weight is 492 g/mol. The summed E-state index contributed by atoms with van der Waals surface area (Å²) in [5.41, 5.74) is 1.97. The summed E-state index contributed by atoms with van der Waals surface area (Å²) in [6, 6.07) is 6.03. The van der Waals surface area contributed by atoms with Gasteiger partial charge in [-0.05, 0) is 57.2 Å². The Labute approximate surface area is 202 Å². The molecule has 1 aromatic carbocycles. The zero-order chi connectivity index (χ0) is 22.5. The lowest BCUT2D eigenvalue weighted by Gasteiger charge is -2.43. The van der Waals surface area contributed by atoms with Crippen LogP contribution in [-0.2, 0) is 0 Å². The highest BCUT2D eigenvalue weighted by molar-refractivity contribution is 7.99. The van der Waals surface area contributed by atoms with Crippen LogP contribution in [0, 0.1) is 12.3 Å². The molecule has 0 radical (unpaired) electrons. The second-order valence-corrected chi connectivity index (χ2v) is 10.7. The van der Waals surface area contributed by atoms with Crippen LogP contribution in [0.25, 0.3) is 5.65 Å². The molecule has 2 N–H and O–H groups in total. The summed E-state index contributed by atoms with van der Waals surface area (Å²) in [5.74, 6) is 0.922. The van der Waals surface area contributed by atoms with Crippen molar-refractivity contribution in [1.82, 2.24) is 19.7 Å². The summed E-state index contributed by atoms with van der Waals surface area (Å²) in [6.45, 7) is 3.85. The largest absolute Gasteiger partial charge is 0.393 e. The van der Waals surface area contributed by atoms with Gasteiger partial charge < -0.3 is 15.3 Å². The van der Waals surface area contributed by atoms with Gasteiger partial charge in [0.1, 0.15) is 0 Å². The number of aromatic nitrogens is 3. The van der Waals surface area contributed by atoms with Gasteiger partial charge in [-0.2, -0.15) is 0 Å². The average Bonchev–Trinajstić information content (AvgIpc) is 3.38. The number of benzene rings is 1. The Hall–Kier alpha value is -1.51. The van der Waals surface area contributed by atoms with Crippen molar-refractivity contribution in [1.29, 1.82) is 0 Å². The first kappa shape index (κ1) is 22.3. The van der Waals surface area contributed by atoms with Crippen LogP contribution in [0.4, 0.5) is 5.95 Å². The standard InChI is InChI=1S/C23H27Cl2N5OS/c1-14-20(32-17-5-3-4-16(24)19(17)25)21-27-8-11-30(21)22(28-14)29-9-6-23(7-10-29)13-15(31)12-18(23)26-2/h3-5,8,11,15,18,26,31H,6-7,9-10,12-13H2,1-2H3/t15-,18+/m0/s1. The third-order valence-corrected chi connectivity index (χ3v) is 9.24. The van der Waals surface area contributed by atoms with Gasteiger partial charge in [-0.1, -0.05) is 41.0 Å². The molecule has 3 aromatic rings. The predicted octanol–water partition coefficient (Wildman–Crippen LogP) is 4.83. The van der Waals surface area contributed by atoms with Gasteiger partial charge in [0.05, 0.1) is 26.7 Å². The van der Waals surface area contributed by atoms with Gasteiger partial charge in [-0.25, -0.2) is 9.97 Å². The van der Waals surface area contributed by atoms with E-state index in [1.54, 1.807) is 17.8 Å². The van der Waals surface area contributed by atoms with E-state index < -0.39 is 0 Å². The van der Waals surface area contributed by atoms with Crippen LogP contribution in [0.2, 0.25) is 10.0 Å². The molecule has 1 aliphatic carbocycles. The smallest absolute Gasteiger partial charge is 0.211 e. The summed E-state index contributed by atoms with van der Waals surface area (Å²) >= 11 is 14.2. The normalized spacial score (nSPS) is 22.8. The van der Waals surface area contributed by atoms with Gasteiger partial charge in [0.2, 0.25) is 5.95 Å². The highest BCUT2D eigenvalue weighted by Gasteiger charge is 2.47. The first-order chi connectivity index (χ1) is 15.4. The number of aryl methyl sites for hydroxylation is 1. The van der Waals surface area contributed by atoms with Crippen molar-refractivity contribution in [2.45, 2.75) is 54.5 Å². The maximum atomic E-state index is 10.3. The highest BCUT2D eigenvalue weighted by atomic mass is 35.5. The number of anilines is 1. The molecule has 0 bridgehead atoms. The monoisotopic (exact) mass is 491 g/mol. The molecule has 5 rings (SSSR count). The van der Waals surface area contributed by atoms with E-state index in [2.05, 4.69) is 19.6 Å². The minimum atomic E-state index is -0.200. The molecule has 2 fully saturated rings. The predicted molar refractivity (Wildman–Crippen MR) is 130 cm³/mol. The second kappa shape index (κ2) is 8.69. The van der Waals surface area contributed by atoms with Crippen molar-refractivity contribution in [3.63, 3.8) is 0 Å². The van der Waals surface area contributed by atoms with Crippen LogP contribution in [0.5, 0.6) is 0 Å². The maximum absolute atomic E-state index is 10.3. The third-order valence-electron chi connectivity index (χ3n) is 7.06. The quantitative estimate of drug-likeness (QED) is 0.544. The number of nitrogens with zero attached hydrogens (tertiary/aromatic N) is 4. The lowest BCUT2D eigenvalue weighted by atomic mass is 9.74. The number of rotatable bonds is 4. The molecule has 1 saturated carbocycles. The number of piperidine rings is 1. The molecule has 9 heteroatoms. The van der Waals surface area contributed by atoms with Gasteiger partial charge in [0.15, 0.2) is 5.65 Å². The maximum Gasteiger partial charge on any atom is 0.211 e. The molecule has 2 aliphatic rings. The Bertz CT molecular complexity index is 1140. The molecule has 3 heterocycles. The number of fused-ring (bicyclic) bond motifs is 1. The van der Waals surface area contributed by atoms with Crippen molar-refractivity contribution in [3.05, 3.63) is 46.3 Å². The van der Waals surface area contributed by atoms with Gasteiger partial charge in [0, 0.05) is 36.4 Å². The van der Waals surface area contributed by atoms with E-state index in [0.717, 1.165) is 65.9 Å². The Morgan fingerprint density at radius 3 is 2.78 bits per heavy atom. The van der Waals surface area contributed by atoms with E-state index in [-0.39, 0.29) is 11.5 Å². The minimum Gasteiger partial charge on any atom is -0.393 e. The molecule has 2 aromatic heterocycles. The van der Waals surface area contributed by atoms with E-state index in [1.165, 1.54) is 0 Å². The fourth-order valence-electron chi connectivity index (χ4n) is 5.41. The molecule has 6 nitrogen and oxygen atoms in total. The topological polar surface area (TPSA) is 65.7 Å². The van der Waals surface area contributed by atoms with Crippen LogP contribution in [0.3, 0.4) is 0 Å². The molecule has 170 valence electrons. The first-order valence-corrected chi connectivity index (χ1v) is 12.5. The van der Waals surface area contributed by atoms with Gasteiger partial charge in [0.25, 0.3) is 0 Å². The Morgan fingerprint density at radius 1 is 1.25 bits per heavy atom. The number of aliphatic hydroxyl groups is 1. The van der Waals surface area contributed by atoms with Crippen LogP contribution in [-0.4, -0.2) is 51.8 Å². The van der Waals surface area contributed by atoms with Crippen molar-refractivity contribution >= 4 is 46.6 Å². The number of aliphatic hydroxyl groups excluding tert-OH is 1. The van der Waals surface area contributed by atoms with E-state index in [0.29, 0.717) is 16.1 Å². The summed E-state index contributed by atoms with van der Waals surface area (Å²) in [4.78, 5) is 13.9. The third kappa shape index (κ3) is 3.78. The molecule has 1 saturated heterocycles. The van der Waals surface area contributed by atoms with Crippen molar-refractivity contribution < 1.29 is 5.11 Å². The number of nitrogens with one attached hydrogen (secondary N) is 1. The van der Waals surface area contributed by atoms with Crippen molar-refractivity contribution in [2.24, 2.45) is 5.41 Å². The van der Waals surface area contributed by atoms with Crippen LogP contribution in [0.15, 0.2) is 40.4 Å². The molecule has 0 amide bonds. The molecule has 32 heavy (non-hydrogen) atoms. The number of imidazole rings is 1. The fraction of sp³-hybridized carbons (Fsp3) is 0.478. The number of halogens is 2. The van der Waals surface area contributed by atoms with Crippen LogP contribution in [0.1, 0.15) is 31.4 Å². The summed E-state index contributed by atoms with van der Waals surface area (Å²) in [6.07, 6.45) is 7.41. The van der Waals surface area contributed by atoms with Gasteiger partial charge in [-0.3, -0.25) is 4.40 Å². The lowest BCUT2D eigenvalue weighted by Crippen LogP contribution is -2.48. The Kier molecular flexibility index (Phi) is 6.05. The van der Waals surface area contributed by atoms with Gasteiger partial charge >= 0.3 is 0 Å². The number of hydrogen-bond donors (Lipinski definition) is 2. The summed E-state index contributed by atoms with van der Waals surface area (Å²) < 4.78 is 2.07. The molecule has 1 aliphatic heterocycles. The zero-order valence-corrected chi connectivity index (χ0v) is 20.5. The Morgan fingerprint density at radius 2 is 2.03 bits per heavy atom. The first-order valence-electron chi connectivity index (χ1n) is 11.0. The molecule has 1 spiro atoms. The highest BCUT2D eigenvalue weighted by Crippen LogP contribution is 2.47. The molecular formula is C23H27Cl2N5OS. The molecular weight excluding hydrogens is 465 g/mol. The van der Waals surface area contributed by atoms with Gasteiger partial charge in [-0.15, -0.1) is 0 Å². The van der Waals surface area contributed by atoms with E-state index in [4.69, 9.17) is 28.2 Å². The second-order valence-electron chi connectivity index (χ2n) is 8.89. The number of hydrogen-bond acceptors (Lipinski definition) is 6. The SMILES string of the molecule is CN[C@@H]1C[C@H](O)CC12CCN(c1nc(C)c(Sc3cccc(Cl)c3Cl)c3nccn13)CC2. The Balaban J connectivity index is 1.44. The van der Waals surface area contributed by atoms with Crippen molar-refractivity contribution in [3.8, 4) is 0 Å². The van der Waals surface area contributed by atoms with E-state index >= 15 is 0 Å². The van der Waals surface area contributed by atoms with E-state index in [9.17, 15) is 5.11 Å². The summed E-state index contributed by atoms with van der Waals surface area (Å²) in [7, 11) is 2.01. The molecule has 2 atom stereocenters. The fourth-order valence-corrected chi connectivity index (χ4v) is 6.88. The summed E-state index contributed by atoms with van der Waals surface area (Å²) in [5, 5.41) is 14.8.